The Balaban J connectivity index is 1.80. The molecule has 1 aromatic rings. The molecule has 8 heteroatoms. The maximum atomic E-state index is 11.6. The zero-order valence-electron chi connectivity index (χ0n) is 9.16. The molecular weight excluding hydrogens is 244 g/mol. The lowest BCUT2D eigenvalue weighted by atomic mass is 9.87. The molecule has 1 aromatic heterocycles. The van der Waals surface area contributed by atoms with Crippen LogP contribution in [-0.2, 0) is 4.79 Å². The number of urea groups is 1. The van der Waals surface area contributed by atoms with Crippen LogP contribution in [0.3, 0.4) is 0 Å². The van der Waals surface area contributed by atoms with E-state index in [1.54, 1.807) is 11.8 Å². The van der Waals surface area contributed by atoms with E-state index in [1.165, 1.54) is 16.8 Å². The number of aromatic nitrogens is 2. The molecule has 0 saturated carbocycles. The highest BCUT2D eigenvalue weighted by Crippen LogP contribution is 2.24. The molecule has 0 bridgehead atoms. The summed E-state index contributed by atoms with van der Waals surface area (Å²) < 4.78 is 0. The molecular formula is C9H12N4O3S. The van der Waals surface area contributed by atoms with Crippen molar-refractivity contribution in [2.24, 2.45) is 11.8 Å². The van der Waals surface area contributed by atoms with Gasteiger partial charge in [0, 0.05) is 19.0 Å². The van der Waals surface area contributed by atoms with Gasteiger partial charge in [-0.2, -0.15) is 0 Å². The van der Waals surface area contributed by atoms with Crippen LogP contribution in [0.15, 0.2) is 5.51 Å². The van der Waals surface area contributed by atoms with Gasteiger partial charge in [-0.1, -0.05) is 18.3 Å². The number of carboxylic acids is 1. The molecule has 2 N–H and O–H groups in total. The molecule has 0 radical (unpaired) electrons. The van der Waals surface area contributed by atoms with Gasteiger partial charge in [0.15, 0.2) is 0 Å². The summed E-state index contributed by atoms with van der Waals surface area (Å²) in [5.41, 5.74) is 1.53. The minimum Gasteiger partial charge on any atom is -0.481 e. The SMILES string of the molecule is CC(C(=O)O)C1CN(C(=O)Nc2nncs2)C1. The second-order valence-corrected chi connectivity index (χ2v) is 4.80. The molecule has 2 heterocycles. The standard InChI is InChI=1S/C9H12N4O3S/c1-5(7(14)15)6-2-13(3-6)9(16)11-8-12-10-4-17-8/h4-6H,2-3H2,1H3,(H,14,15)(H,11,12,16). The molecule has 0 aliphatic carbocycles. The van der Waals surface area contributed by atoms with Crippen molar-refractivity contribution in [1.82, 2.24) is 15.1 Å². The number of carbonyl (C=O) groups excluding carboxylic acids is 1. The van der Waals surface area contributed by atoms with E-state index in [1.807, 2.05) is 0 Å². The highest BCUT2D eigenvalue weighted by molar-refractivity contribution is 7.13. The molecule has 0 spiro atoms. The largest absolute Gasteiger partial charge is 0.481 e. The molecule has 2 amide bonds. The summed E-state index contributed by atoms with van der Waals surface area (Å²) in [4.78, 5) is 23.9. The number of anilines is 1. The topological polar surface area (TPSA) is 95.4 Å². The molecule has 7 nitrogen and oxygen atoms in total. The van der Waals surface area contributed by atoms with E-state index >= 15 is 0 Å². The van der Waals surface area contributed by atoms with Crippen LogP contribution >= 0.6 is 11.3 Å². The maximum Gasteiger partial charge on any atom is 0.323 e. The summed E-state index contributed by atoms with van der Waals surface area (Å²) in [5, 5.41) is 19.2. The molecule has 1 unspecified atom stereocenters. The van der Waals surface area contributed by atoms with E-state index in [0.29, 0.717) is 18.2 Å². The van der Waals surface area contributed by atoms with Crippen LogP contribution in [0.1, 0.15) is 6.92 Å². The summed E-state index contributed by atoms with van der Waals surface area (Å²) in [5.74, 6) is -1.20. The summed E-state index contributed by atoms with van der Waals surface area (Å²) in [6.45, 7) is 2.60. The number of nitrogens with zero attached hydrogens (tertiary/aromatic N) is 3. The Morgan fingerprint density at radius 3 is 2.88 bits per heavy atom. The van der Waals surface area contributed by atoms with E-state index < -0.39 is 11.9 Å². The van der Waals surface area contributed by atoms with Gasteiger partial charge in [0.2, 0.25) is 5.13 Å². The van der Waals surface area contributed by atoms with Crippen molar-refractivity contribution in [3.8, 4) is 0 Å². The van der Waals surface area contributed by atoms with Crippen LogP contribution in [-0.4, -0.2) is 45.3 Å². The monoisotopic (exact) mass is 256 g/mol. The minimum atomic E-state index is -0.820. The molecule has 1 saturated heterocycles. The average molecular weight is 256 g/mol. The Morgan fingerprint density at radius 2 is 2.35 bits per heavy atom. The Hall–Kier alpha value is -1.70. The zero-order chi connectivity index (χ0) is 12.4. The lowest BCUT2D eigenvalue weighted by Crippen LogP contribution is -2.54. The highest BCUT2D eigenvalue weighted by Gasteiger charge is 2.37. The predicted octanol–water partition coefficient (Wildman–Crippen LogP) is 0.722. The number of carbonyl (C=O) groups is 2. The Labute approximate surface area is 101 Å². The van der Waals surface area contributed by atoms with Crippen LogP contribution in [0.5, 0.6) is 0 Å². The van der Waals surface area contributed by atoms with E-state index in [-0.39, 0.29) is 11.9 Å². The molecule has 17 heavy (non-hydrogen) atoms. The van der Waals surface area contributed by atoms with Crippen molar-refractivity contribution >= 4 is 28.5 Å². The highest BCUT2D eigenvalue weighted by atomic mass is 32.1. The van der Waals surface area contributed by atoms with E-state index in [9.17, 15) is 9.59 Å². The number of hydrogen-bond acceptors (Lipinski definition) is 5. The number of hydrogen-bond donors (Lipinski definition) is 2. The van der Waals surface area contributed by atoms with E-state index in [2.05, 4.69) is 15.5 Å². The van der Waals surface area contributed by atoms with Gasteiger partial charge in [0.25, 0.3) is 0 Å². The van der Waals surface area contributed by atoms with Crippen LogP contribution in [0.25, 0.3) is 0 Å². The Bertz CT molecular complexity index is 416. The molecule has 92 valence electrons. The summed E-state index contributed by atoms with van der Waals surface area (Å²) >= 11 is 1.24. The lowest BCUT2D eigenvalue weighted by Gasteiger charge is -2.40. The first-order valence-electron chi connectivity index (χ1n) is 5.13. The molecule has 1 atom stereocenters. The van der Waals surface area contributed by atoms with Gasteiger partial charge in [-0.3, -0.25) is 10.1 Å². The number of rotatable bonds is 3. The zero-order valence-corrected chi connectivity index (χ0v) is 9.98. The van der Waals surface area contributed by atoms with Crippen LogP contribution in [0.2, 0.25) is 0 Å². The summed E-state index contributed by atoms with van der Waals surface area (Å²) in [7, 11) is 0. The first-order chi connectivity index (χ1) is 8.08. The fourth-order valence-electron chi connectivity index (χ4n) is 1.59. The van der Waals surface area contributed by atoms with Gasteiger partial charge in [-0.15, -0.1) is 10.2 Å². The third kappa shape index (κ3) is 2.52. The first kappa shape index (κ1) is 11.8. The second-order valence-electron chi connectivity index (χ2n) is 3.97. The Kier molecular flexibility index (Phi) is 3.23. The maximum absolute atomic E-state index is 11.6. The second kappa shape index (κ2) is 4.66. The Morgan fingerprint density at radius 1 is 1.65 bits per heavy atom. The van der Waals surface area contributed by atoms with Crippen LogP contribution in [0.4, 0.5) is 9.93 Å². The van der Waals surface area contributed by atoms with Crippen molar-refractivity contribution in [1.29, 1.82) is 0 Å². The number of nitrogens with one attached hydrogen (secondary N) is 1. The van der Waals surface area contributed by atoms with Crippen molar-refractivity contribution in [3.63, 3.8) is 0 Å². The average Bonchev–Trinajstić information content (AvgIpc) is 2.67. The fraction of sp³-hybridized carbons (Fsp3) is 0.556. The van der Waals surface area contributed by atoms with Gasteiger partial charge in [0.05, 0.1) is 5.92 Å². The van der Waals surface area contributed by atoms with Gasteiger partial charge in [-0.25, -0.2) is 4.79 Å². The predicted molar refractivity (Wildman–Crippen MR) is 60.8 cm³/mol. The van der Waals surface area contributed by atoms with Crippen LogP contribution < -0.4 is 5.32 Å². The first-order valence-corrected chi connectivity index (χ1v) is 6.01. The fourth-order valence-corrected chi connectivity index (χ4v) is 2.03. The van der Waals surface area contributed by atoms with Gasteiger partial charge >= 0.3 is 12.0 Å². The third-order valence-electron chi connectivity index (χ3n) is 2.87. The smallest absolute Gasteiger partial charge is 0.323 e. The van der Waals surface area contributed by atoms with Gasteiger partial charge in [-0.05, 0) is 0 Å². The summed E-state index contributed by atoms with van der Waals surface area (Å²) in [6.07, 6.45) is 0. The quantitative estimate of drug-likeness (QED) is 0.831. The van der Waals surface area contributed by atoms with Gasteiger partial charge < -0.3 is 10.0 Å². The lowest BCUT2D eigenvalue weighted by molar-refractivity contribution is -0.144. The number of likely N-dealkylation sites (tertiary alicyclic amines) is 1. The third-order valence-corrected chi connectivity index (χ3v) is 3.47. The van der Waals surface area contributed by atoms with Crippen molar-refractivity contribution in [3.05, 3.63) is 5.51 Å². The molecule has 2 rings (SSSR count). The van der Waals surface area contributed by atoms with Crippen molar-refractivity contribution in [2.45, 2.75) is 6.92 Å². The molecule has 1 fully saturated rings. The number of aliphatic carboxylic acids is 1. The minimum absolute atomic E-state index is 0.0349. The van der Waals surface area contributed by atoms with E-state index in [4.69, 9.17) is 5.11 Å². The van der Waals surface area contributed by atoms with E-state index in [0.717, 1.165) is 0 Å². The normalized spacial score (nSPS) is 17.4. The molecule has 1 aliphatic heterocycles. The van der Waals surface area contributed by atoms with Crippen molar-refractivity contribution < 1.29 is 14.7 Å². The van der Waals surface area contributed by atoms with Crippen molar-refractivity contribution in [2.75, 3.05) is 18.4 Å². The number of carboxylic acid groups (broad SMARTS) is 1. The molecule has 1 aliphatic rings. The summed E-state index contributed by atoms with van der Waals surface area (Å²) in [6, 6.07) is -0.254. The van der Waals surface area contributed by atoms with Gasteiger partial charge in [0.1, 0.15) is 5.51 Å². The van der Waals surface area contributed by atoms with Crippen LogP contribution in [0, 0.1) is 11.8 Å². The number of amides is 2. The molecule has 0 aromatic carbocycles.